The van der Waals surface area contributed by atoms with Crippen LogP contribution >= 0.6 is 11.6 Å². The highest BCUT2D eigenvalue weighted by Gasteiger charge is 2.13. The van der Waals surface area contributed by atoms with Gasteiger partial charge in [-0.05, 0) is 6.07 Å². The van der Waals surface area contributed by atoms with Gasteiger partial charge in [0.25, 0.3) is 5.56 Å². The fraction of sp³-hybridized carbons (Fsp3) is 0.111. The first-order valence-electron chi connectivity index (χ1n) is 4.72. The van der Waals surface area contributed by atoms with Crippen LogP contribution in [-0.2, 0) is 6.54 Å². The molecule has 0 saturated carbocycles. The van der Waals surface area contributed by atoms with Gasteiger partial charge in [0.05, 0.1) is 18.9 Å². The number of halogens is 1. The van der Waals surface area contributed by atoms with Crippen LogP contribution in [0.15, 0.2) is 27.7 Å². The Balaban J connectivity index is 2.31. The minimum Gasteiger partial charge on any atom is -0.404 e. The van der Waals surface area contributed by atoms with Gasteiger partial charge >= 0.3 is 5.88 Å². The summed E-state index contributed by atoms with van der Waals surface area (Å²) in [6.07, 6.45) is 1.19. The van der Waals surface area contributed by atoms with E-state index in [0.717, 1.165) is 4.57 Å². The molecule has 2 aromatic heterocycles. The highest BCUT2D eigenvalue weighted by molar-refractivity contribution is 6.31. The molecule has 2 rings (SSSR count). The molecule has 2 N–H and O–H groups in total. The third-order valence-corrected chi connectivity index (χ3v) is 2.48. The maximum absolute atomic E-state index is 11.7. The van der Waals surface area contributed by atoms with Gasteiger partial charge in [-0.1, -0.05) is 11.6 Å². The van der Waals surface area contributed by atoms with Gasteiger partial charge in [0.2, 0.25) is 0 Å². The van der Waals surface area contributed by atoms with E-state index in [1.165, 1.54) is 18.5 Å². The van der Waals surface area contributed by atoms with Crippen molar-refractivity contribution in [3.05, 3.63) is 49.8 Å². The molecule has 8 nitrogen and oxygen atoms in total. The molecule has 9 heteroatoms. The van der Waals surface area contributed by atoms with Crippen LogP contribution in [0.1, 0.15) is 5.76 Å². The molecule has 0 saturated heterocycles. The van der Waals surface area contributed by atoms with Crippen LogP contribution in [0.2, 0.25) is 5.15 Å². The summed E-state index contributed by atoms with van der Waals surface area (Å²) < 4.78 is 6.06. The Kier molecular flexibility index (Phi) is 3.02. The van der Waals surface area contributed by atoms with E-state index in [4.69, 9.17) is 21.8 Å². The van der Waals surface area contributed by atoms with E-state index < -0.39 is 16.4 Å². The SMILES string of the molecule is Nc1c(Cl)ncn(Cc2ccc([N+](=O)[O-])o2)c1=O. The van der Waals surface area contributed by atoms with E-state index >= 15 is 0 Å². The predicted molar refractivity (Wildman–Crippen MR) is 62.4 cm³/mol. The van der Waals surface area contributed by atoms with Gasteiger partial charge in [0.15, 0.2) is 5.15 Å². The number of rotatable bonds is 3. The van der Waals surface area contributed by atoms with Crippen molar-refractivity contribution in [3.63, 3.8) is 0 Å². The molecule has 0 amide bonds. The van der Waals surface area contributed by atoms with Crippen molar-refractivity contribution in [3.8, 4) is 0 Å². The van der Waals surface area contributed by atoms with Gasteiger partial charge in [0, 0.05) is 0 Å². The second-order valence-electron chi connectivity index (χ2n) is 3.38. The molecule has 94 valence electrons. The van der Waals surface area contributed by atoms with E-state index in [1.807, 2.05) is 0 Å². The number of nitrogen functional groups attached to an aromatic ring is 1. The highest BCUT2D eigenvalue weighted by Crippen LogP contribution is 2.16. The van der Waals surface area contributed by atoms with Crippen LogP contribution < -0.4 is 11.3 Å². The standard InChI is InChI=1S/C9H7ClN4O4/c10-8-7(11)9(15)13(4-12-8)3-5-1-2-6(18-5)14(16)17/h1-2,4H,3,11H2. The van der Waals surface area contributed by atoms with E-state index in [-0.39, 0.29) is 23.1 Å². The Morgan fingerprint density at radius 2 is 2.28 bits per heavy atom. The van der Waals surface area contributed by atoms with E-state index in [2.05, 4.69) is 4.98 Å². The molecule has 0 aromatic carbocycles. The van der Waals surface area contributed by atoms with Crippen molar-refractivity contribution < 1.29 is 9.34 Å². The van der Waals surface area contributed by atoms with Crippen LogP contribution in [0.3, 0.4) is 0 Å². The summed E-state index contributed by atoms with van der Waals surface area (Å²) in [5.41, 5.74) is 4.71. The summed E-state index contributed by atoms with van der Waals surface area (Å²) in [5.74, 6) is -0.153. The Morgan fingerprint density at radius 1 is 1.56 bits per heavy atom. The normalized spacial score (nSPS) is 10.5. The molecule has 0 aliphatic heterocycles. The quantitative estimate of drug-likeness (QED) is 0.505. The van der Waals surface area contributed by atoms with E-state index in [9.17, 15) is 14.9 Å². The maximum atomic E-state index is 11.7. The molecule has 0 aliphatic carbocycles. The van der Waals surface area contributed by atoms with Crippen LogP contribution in [0, 0.1) is 10.1 Å². The molecule has 0 fully saturated rings. The summed E-state index contributed by atoms with van der Waals surface area (Å²) in [6.45, 7) is -0.0129. The third kappa shape index (κ3) is 2.18. The van der Waals surface area contributed by atoms with Gasteiger partial charge in [-0.15, -0.1) is 0 Å². The summed E-state index contributed by atoms with van der Waals surface area (Å²) >= 11 is 5.57. The van der Waals surface area contributed by atoms with Crippen LogP contribution in [0.25, 0.3) is 0 Å². The number of nitro groups is 1. The minimum absolute atomic E-state index is 0.0129. The second kappa shape index (κ2) is 4.49. The molecular formula is C9H7ClN4O4. The van der Waals surface area contributed by atoms with Gasteiger partial charge < -0.3 is 10.2 Å². The number of hydrogen-bond acceptors (Lipinski definition) is 6. The zero-order valence-corrected chi connectivity index (χ0v) is 9.63. The van der Waals surface area contributed by atoms with Crippen molar-refractivity contribution in [1.82, 2.24) is 9.55 Å². The second-order valence-corrected chi connectivity index (χ2v) is 3.74. The van der Waals surface area contributed by atoms with Gasteiger partial charge in [0.1, 0.15) is 16.4 Å². The van der Waals surface area contributed by atoms with Crippen molar-refractivity contribution in [2.45, 2.75) is 6.54 Å². The largest absolute Gasteiger partial charge is 0.433 e. The fourth-order valence-corrected chi connectivity index (χ4v) is 1.44. The average Bonchev–Trinajstić information content (AvgIpc) is 2.79. The Bertz CT molecular complexity index is 663. The van der Waals surface area contributed by atoms with Crippen LogP contribution in [0.4, 0.5) is 11.6 Å². The monoisotopic (exact) mass is 270 g/mol. The zero-order chi connectivity index (χ0) is 13.3. The van der Waals surface area contributed by atoms with Gasteiger partial charge in [-0.2, -0.15) is 0 Å². The van der Waals surface area contributed by atoms with Crippen molar-refractivity contribution >= 4 is 23.2 Å². The number of aromatic nitrogens is 2. The molecule has 0 spiro atoms. The summed E-state index contributed by atoms with van der Waals surface area (Å²) in [4.78, 5) is 25.1. The van der Waals surface area contributed by atoms with Crippen LogP contribution in [-0.4, -0.2) is 14.5 Å². The smallest absolute Gasteiger partial charge is 0.404 e. The number of hydrogen-bond donors (Lipinski definition) is 1. The highest BCUT2D eigenvalue weighted by atomic mass is 35.5. The predicted octanol–water partition coefficient (Wildman–Crippen LogP) is 1.03. The molecular weight excluding hydrogens is 264 g/mol. The topological polar surface area (TPSA) is 117 Å². The first-order chi connectivity index (χ1) is 8.49. The number of furan rings is 1. The summed E-state index contributed by atoms with van der Waals surface area (Å²) in [7, 11) is 0. The zero-order valence-electron chi connectivity index (χ0n) is 8.87. The molecule has 18 heavy (non-hydrogen) atoms. The number of nitrogens with two attached hydrogens (primary N) is 1. The molecule has 0 radical (unpaired) electrons. The third-order valence-electron chi connectivity index (χ3n) is 2.18. The maximum Gasteiger partial charge on any atom is 0.433 e. The van der Waals surface area contributed by atoms with E-state index in [0.29, 0.717) is 0 Å². The van der Waals surface area contributed by atoms with Gasteiger partial charge in [-0.25, -0.2) is 4.98 Å². The summed E-state index contributed by atoms with van der Waals surface area (Å²) in [6, 6.07) is 2.60. The lowest BCUT2D eigenvalue weighted by molar-refractivity contribution is -0.402. The Morgan fingerprint density at radius 3 is 2.89 bits per heavy atom. The first kappa shape index (κ1) is 12.1. The first-order valence-corrected chi connectivity index (χ1v) is 5.10. The van der Waals surface area contributed by atoms with Crippen molar-refractivity contribution in [2.75, 3.05) is 5.73 Å². The molecule has 2 aromatic rings. The lowest BCUT2D eigenvalue weighted by Crippen LogP contribution is -2.24. The van der Waals surface area contributed by atoms with Gasteiger partial charge in [-0.3, -0.25) is 19.5 Å². The fourth-order valence-electron chi connectivity index (χ4n) is 1.32. The summed E-state index contributed by atoms with van der Waals surface area (Å²) in [5, 5.41) is 10.3. The molecule has 0 bridgehead atoms. The Labute approximate surface area is 105 Å². The van der Waals surface area contributed by atoms with Crippen LogP contribution in [0.5, 0.6) is 0 Å². The number of anilines is 1. The number of nitrogens with zero attached hydrogens (tertiary/aromatic N) is 3. The van der Waals surface area contributed by atoms with E-state index in [1.54, 1.807) is 0 Å². The van der Waals surface area contributed by atoms with Crippen molar-refractivity contribution in [1.29, 1.82) is 0 Å². The molecule has 0 aliphatic rings. The molecule has 0 unspecified atom stereocenters. The van der Waals surface area contributed by atoms with Crippen molar-refractivity contribution in [2.24, 2.45) is 0 Å². The molecule has 2 heterocycles. The average molecular weight is 271 g/mol. The minimum atomic E-state index is -0.666. The lowest BCUT2D eigenvalue weighted by atomic mass is 10.4. The lowest BCUT2D eigenvalue weighted by Gasteiger charge is -2.03. The molecule has 0 atom stereocenters. The Hall–Kier alpha value is -2.35.